The molecule has 0 bridgehead atoms. The van der Waals surface area contributed by atoms with Crippen molar-refractivity contribution < 1.29 is 14.3 Å². The summed E-state index contributed by atoms with van der Waals surface area (Å²) in [6, 6.07) is 0. The van der Waals surface area contributed by atoms with Crippen molar-refractivity contribution in [2.75, 3.05) is 0 Å². The topological polar surface area (TPSA) is 43.4 Å². The van der Waals surface area contributed by atoms with Gasteiger partial charge in [0.25, 0.3) is 0 Å². The smallest absolute Gasteiger partial charge is 0.307 e. The number of ketones is 1. The van der Waals surface area contributed by atoms with Gasteiger partial charge in [-0.3, -0.25) is 9.59 Å². The standard InChI is InChI=1S/C23H32O3/c1-14(24)19-7-8-20-18-6-5-16-13-17(26-15(2)25)9-11-22(16,3)21(18)10-12-23(19,20)4/h5,13,18-21H,6-12H2,1-4H3/t18-,19+,20-,21-,22-,23+/m0/s1. The fourth-order valence-electron chi connectivity index (χ4n) is 7.23. The second-order valence-electron chi connectivity index (χ2n) is 9.68. The Labute approximate surface area is 157 Å². The summed E-state index contributed by atoms with van der Waals surface area (Å²) in [5.41, 5.74) is 1.79. The average Bonchev–Trinajstić information content (AvgIpc) is 2.92. The predicted octanol–water partition coefficient (Wildman–Crippen LogP) is 5.21. The van der Waals surface area contributed by atoms with Gasteiger partial charge in [-0.1, -0.05) is 19.9 Å². The minimum Gasteiger partial charge on any atom is -0.431 e. The van der Waals surface area contributed by atoms with E-state index >= 15 is 0 Å². The van der Waals surface area contributed by atoms with E-state index < -0.39 is 0 Å². The SMILES string of the molecule is CC(=O)OC1=CC2=CC[C@H]3[C@@H]4CC[C@H](C(C)=O)[C@@]4(C)CC[C@@H]3[C@@]2(C)CC1. The number of Topliss-reactive ketones (excluding diaryl/α,β-unsaturated/α-hetero) is 1. The monoisotopic (exact) mass is 356 g/mol. The number of carbonyl (C=O) groups excluding carboxylic acids is 2. The summed E-state index contributed by atoms with van der Waals surface area (Å²) in [5.74, 6) is 3.37. The molecule has 2 saturated carbocycles. The Morgan fingerprint density at radius 1 is 1.08 bits per heavy atom. The van der Waals surface area contributed by atoms with Crippen LogP contribution in [-0.2, 0) is 14.3 Å². The summed E-state index contributed by atoms with van der Waals surface area (Å²) in [4.78, 5) is 23.5. The zero-order valence-corrected chi connectivity index (χ0v) is 16.6. The quantitative estimate of drug-likeness (QED) is 0.638. The maximum atomic E-state index is 12.2. The second-order valence-corrected chi connectivity index (χ2v) is 9.68. The molecule has 0 saturated heterocycles. The van der Waals surface area contributed by atoms with Crippen molar-refractivity contribution in [2.24, 2.45) is 34.5 Å². The Balaban J connectivity index is 1.64. The minimum absolute atomic E-state index is 0.197. The van der Waals surface area contributed by atoms with Gasteiger partial charge in [0.1, 0.15) is 11.5 Å². The van der Waals surface area contributed by atoms with Crippen molar-refractivity contribution in [3.63, 3.8) is 0 Å². The Hall–Kier alpha value is -1.38. The Bertz CT molecular complexity index is 702. The van der Waals surface area contributed by atoms with E-state index in [9.17, 15) is 9.59 Å². The first kappa shape index (κ1) is 18.0. The first-order valence-corrected chi connectivity index (χ1v) is 10.4. The molecule has 0 heterocycles. The molecule has 0 aliphatic heterocycles. The Kier molecular flexibility index (Phi) is 4.20. The normalized spacial score (nSPS) is 44.2. The molecule has 0 aromatic rings. The maximum Gasteiger partial charge on any atom is 0.307 e. The maximum absolute atomic E-state index is 12.2. The molecular formula is C23H32O3. The number of hydrogen-bond acceptors (Lipinski definition) is 3. The fraction of sp³-hybridized carbons (Fsp3) is 0.739. The van der Waals surface area contributed by atoms with E-state index in [0.717, 1.165) is 31.4 Å². The van der Waals surface area contributed by atoms with Gasteiger partial charge in [-0.2, -0.15) is 0 Å². The highest BCUT2D eigenvalue weighted by molar-refractivity contribution is 5.79. The van der Waals surface area contributed by atoms with Crippen LogP contribution in [0.15, 0.2) is 23.5 Å². The van der Waals surface area contributed by atoms with Gasteiger partial charge in [0.05, 0.1) is 0 Å². The van der Waals surface area contributed by atoms with Crippen LogP contribution < -0.4 is 0 Å². The molecule has 4 rings (SSSR count). The van der Waals surface area contributed by atoms with Crippen LogP contribution in [-0.4, -0.2) is 11.8 Å². The lowest BCUT2D eigenvalue weighted by Crippen LogP contribution is -2.49. The van der Waals surface area contributed by atoms with Crippen LogP contribution in [0.3, 0.4) is 0 Å². The van der Waals surface area contributed by atoms with Crippen molar-refractivity contribution in [1.82, 2.24) is 0 Å². The third kappa shape index (κ3) is 2.53. The molecule has 0 unspecified atom stereocenters. The van der Waals surface area contributed by atoms with E-state index in [1.165, 1.54) is 31.8 Å². The summed E-state index contributed by atoms with van der Waals surface area (Å²) < 4.78 is 5.39. The molecule has 0 aromatic carbocycles. The van der Waals surface area contributed by atoms with Gasteiger partial charge in [0.2, 0.25) is 0 Å². The molecule has 3 heteroatoms. The number of hydrogen-bond donors (Lipinski definition) is 0. The van der Waals surface area contributed by atoms with Gasteiger partial charge in [-0.25, -0.2) is 0 Å². The lowest BCUT2D eigenvalue weighted by molar-refractivity contribution is -0.137. The average molecular weight is 357 g/mol. The second kappa shape index (κ2) is 6.07. The molecule has 4 aliphatic carbocycles. The molecule has 2 fully saturated rings. The molecule has 142 valence electrons. The molecule has 6 atom stereocenters. The number of rotatable bonds is 2. The van der Waals surface area contributed by atoms with Crippen LogP contribution in [0.1, 0.15) is 72.6 Å². The minimum atomic E-state index is -0.219. The molecule has 26 heavy (non-hydrogen) atoms. The number of fused-ring (bicyclic) bond motifs is 5. The van der Waals surface area contributed by atoms with Crippen molar-refractivity contribution in [3.05, 3.63) is 23.5 Å². The zero-order valence-electron chi connectivity index (χ0n) is 16.6. The van der Waals surface area contributed by atoms with Gasteiger partial charge in [0.15, 0.2) is 0 Å². The summed E-state index contributed by atoms with van der Waals surface area (Å²) in [6.45, 7) is 8.10. The highest BCUT2D eigenvalue weighted by Crippen LogP contribution is 2.66. The van der Waals surface area contributed by atoms with Gasteiger partial charge < -0.3 is 4.74 Å². The van der Waals surface area contributed by atoms with Crippen LogP contribution in [0.5, 0.6) is 0 Å². The van der Waals surface area contributed by atoms with E-state index in [1.54, 1.807) is 6.92 Å². The molecule has 0 spiro atoms. The van der Waals surface area contributed by atoms with Gasteiger partial charge >= 0.3 is 5.97 Å². The van der Waals surface area contributed by atoms with Crippen LogP contribution in [0.4, 0.5) is 0 Å². The fourth-order valence-corrected chi connectivity index (χ4v) is 7.23. The molecule has 0 radical (unpaired) electrons. The highest BCUT2D eigenvalue weighted by Gasteiger charge is 2.59. The summed E-state index contributed by atoms with van der Waals surface area (Å²) in [6.07, 6.45) is 12.3. The number of allylic oxidation sites excluding steroid dienone is 4. The Morgan fingerprint density at radius 3 is 2.54 bits per heavy atom. The molecule has 3 nitrogen and oxygen atoms in total. The van der Waals surface area contributed by atoms with E-state index in [4.69, 9.17) is 4.74 Å². The van der Waals surface area contributed by atoms with E-state index in [1.807, 2.05) is 0 Å². The van der Waals surface area contributed by atoms with Crippen molar-refractivity contribution in [2.45, 2.75) is 72.6 Å². The van der Waals surface area contributed by atoms with Gasteiger partial charge in [-0.15, -0.1) is 0 Å². The van der Waals surface area contributed by atoms with Crippen molar-refractivity contribution in [3.8, 4) is 0 Å². The summed E-state index contributed by atoms with van der Waals surface area (Å²) in [5, 5.41) is 0. The molecule has 0 aromatic heterocycles. The van der Waals surface area contributed by atoms with E-state index in [-0.39, 0.29) is 22.7 Å². The third-order valence-corrected chi connectivity index (χ3v) is 8.50. The van der Waals surface area contributed by atoms with Crippen LogP contribution in [0.25, 0.3) is 0 Å². The van der Waals surface area contributed by atoms with E-state index in [2.05, 4.69) is 26.0 Å². The number of carbonyl (C=O) groups is 2. The highest BCUT2D eigenvalue weighted by atomic mass is 16.5. The third-order valence-electron chi connectivity index (χ3n) is 8.50. The van der Waals surface area contributed by atoms with Gasteiger partial charge in [0, 0.05) is 19.3 Å². The predicted molar refractivity (Wildman–Crippen MR) is 101 cm³/mol. The molecule has 0 amide bonds. The largest absolute Gasteiger partial charge is 0.431 e. The van der Waals surface area contributed by atoms with Crippen LogP contribution in [0, 0.1) is 34.5 Å². The first-order chi connectivity index (χ1) is 12.3. The van der Waals surface area contributed by atoms with Crippen LogP contribution in [0.2, 0.25) is 0 Å². The van der Waals surface area contributed by atoms with Crippen molar-refractivity contribution >= 4 is 11.8 Å². The van der Waals surface area contributed by atoms with Gasteiger partial charge in [-0.05, 0) is 85.7 Å². The Morgan fingerprint density at radius 2 is 1.85 bits per heavy atom. The lowest BCUT2D eigenvalue weighted by Gasteiger charge is -2.56. The van der Waals surface area contributed by atoms with E-state index in [0.29, 0.717) is 23.5 Å². The molecule has 4 aliphatic rings. The molecular weight excluding hydrogens is 324 g/mol. The molecule has 0 N–H and O–H groups in total. The summed E-state index contributed by atoms with van der Waals surface area (Å²) >= 11 is 0. The lowest BCUT2D eigenvalue weighted by atomic mass is 9.48. The van der Waals surface area contributed by atoms with Crippen molar-refractivity contribution in [1.29, 1.82) is 0 Å². The number of ether oxygens (including phenoxy) is 1. The number of esters is 1. The first-order valence-electron chi connectivity index (χ1n) is 10.4. The zero-order chi connectivity index (χ0) is 18.7. The van der Waals surface area contributed by atoms with Crippen LogP contribution >= 0.6 is 0 Å². The summed E-state index contributed by atoms with van der Waals surface area (Å²) in [7, 11) is 0.